The van der Waals surface area contributed by atoms with E-state index in [1.54, 1.807) is 62.6 Å². The molecule has 3 aromatic rings. The molecule has 0 fully saturated rings. The number of amides is 1. The van der Waals surface area contributed by atoms with Gasteiger partial charge in [-0.1, -0.05) is 6.07 Å². The van der Waals surface area contributed by atoms with E-state index in [4.69, 9.17) is 9.47 Å². The molecule has 148 valence electrons. The number of nitrogens with one attached hydrogen (secondary N) is 2. The highest BCUT2D eigenvalue weighted by atomic mass is 16.5. The van der Waals surface area contributed by atoms with Gasteiger partial charge in [0, 0.05) is 23.5 Å². The van der Waals surface area contributed by atoms with E-state index in [1.165, 1.54) is 12.4 Å². The quantitative estimate of drug-likeness (QED) is 0.592. The average Bonchev–Trinajstić information content (AvgIpc) is 2.75. The minimum Gasteiger partial charge on any atom is -0.497 e. The fourth-order valence-corrected chi connectivity index (χ4v) is 2.50. The molecule has 29 heavy (non-hydrogen) atoms. The molecule has 2 N–H and O–H groups in total. The molecule has 0 saturated carbocycles. The lowest BCUT2D eigenvalue weighted by Crippen LogP contribution is -2.14. The lowest BCUT2D eigenvalue weighted by molar-refractivity contribution is 0.0526. The Morgan fingerprint density at radius 1 is 1.00 bits per heavy atom. The Morgan fingerprint density at radius 3 is 2.52 bits per heavy atom. The zero-order chi connectivity index (χ0) is 20.6. The molecular weight excluding hydrogens is 372 g/mol. The SMILES string of the molecule is CCOC(=O)c1ccc(Nc2cc(C(=O)Nc3cccc(OC)c3)ncn2)cc1. The highest BCUT2D eigenvalue weighted by Gasteiger charge is 2.11. The second-order valence-electron chi connectivity index (χ2n) is 5.90. The Hall–Kier alpha value is -3.94. The van der Waals surface area contributed by atoms with Crippen LogP contribution in [0.3, 0.4) is 0 Å². The van der Waals surface area contributed by atoms with Crippen molar-refractivity contribution < 1.29 is 19.1 Å². The third kappa shape index (κ3) is 5.29. The van der Waals surface area contributed by atoms with Crippen molar-refractivity contribution >= 4 is 29.1 Å². The Balaban J connectivity index is 1.69. The largest absolute Gasteiger partial charge is 0.497 e. The number of aromatic nitrogens is 2. The molecule has 0 aliphatic rings. The van der Waals surface area contributed by atoms with Crippen molar-refractivity contribution in [1.29, 1.82) is 0 Å². The van der Waals surface area contributed by atoms with E-state index in [-0.39, 0.29) is 17.6 Å². The fraction of sp³-hybridized carbons (Fsp3) is 0.143. The lowest BCUT2D eigenvalue weighted by Gasteiger charge is -2.09. The summed E-state index contributed by atoms with van der Waals surface area (Å²) in [5.74, 6) is 0.331. The Labute approximate surface area is 167 Å². The molecule has 0 unspecified atom stereocenters. The molecule has 0 aliphatic heterocycles. The third-order valence-corrected chi connectivity index (χ3v) is 3.90. The topological polar surface area (TPSA) is 102 Å². The third-order valence-electron chi connectivity index (χ3n) is 3.90. The number of hydrogen-bond acceptors (Lipinski definition) is 7. The van der Waals surface area contributed by atoms with Crippen LogP contribution in [0, 0.1) is 0 Å². The van der Waals surface area contributed by atoms with Crippen molar-refractivity contribution in [1.82, 2.24) is 9.97 Å². The number of benzene rings is 2. The molecule has 1 heterocycles. The molecule has 1 amide bonds. The summed E-state index contributed by atoms with van der Waals surface area (Å²) in [4.78, 5) is 32.3. The number of nitrogens with zero attached hydrogens (tertiary/aromatic N) is 2. The number of ether oxygens (including phenoxy) is 2. The minimum atomic E-state index is -0.377. The van der Waals surface area contributed by atoms with E-state index < -0.39 is 0 Å². The zero-order valence-electron chi connectivity index (χ0n) is 16.0. The number of carbonyl (C=O) groups is 2. The maximum Gasteiger partial charge on any atom is 0.338 e. The summed E-state index contributed by atoms with van der Waals surface area (Å²) in [5, 5.41) is 5.84. The summed E-state index contributed by atoms with van der Waals surface area (Å²) >= 11 is 0. The van der Waals surface area contributed by atoms with Gasteiger partial charge in [-0.15, -0.1) is 0 Å². The van der Waals surface area contributed by atoms with Gasteiger partial charge in [0.05, 0.1) is 19.3 Å². The van der Waals surface area contributed by atoms with Crippen LogP contribution in [-0.2, 0) is 4.74 Å². The molecule has 0 radical (unpaired) electrons. The first-order valence-electron chi connectivity index (χ1n) is 8.90. The van der Waals surface area contributed by atoms with Crippen LogP contribution < -0.4 is 15.4 Å². The summed E-state index contributed by atoms with van der Waals surface area (Å²) in [7, 11) is 1.56. The van der Waals surface area contributed by atoms with E-state index in [0.717, 1.165) is 0 Å². The molecule has 0 spiro atoms. The molecule has 0 saturated heterocycles. The normalized spacial score (nSPS) is 10.1. The lowest BCUT2D eigenvalue weighted by atomic mass is 10.2. The molecule has 2 aromatic carbocycles. The second kappa shape index (κ2) is 9.32. The van der Waals surface area contributed by atoms with Gasteiger partial charge >= 0.3 is 5.97 Å². The summed E-state index contributed by atoms with van der Waals surface area (Å²) in [6, 6.07) is 15.3. The van der Waals surface area contributed by atoms with Crippen LogP contribution in [-0.4, -0.2) is 35.6 Å². The number of hydrogen-bond donors (Lipinski definition) is 2. The van der Waals surface area contributed by atoms with E-state index in [9.17, 15) is 9.59 Å². The fourth-order valence-electron chi connectivity index (χ4n) is 2.50. The van der Waals surface area contributed by atoms with Crippen molar-refractivity contribution in [3.05, 3.63) is 72.2 Å². The van der Waals surface area contributed by atoms with E-state index >= 15 is 0 Å². The van der Waals surface area contributed by atoms with Crippen molar-refractivity contribution in [3.63, 3.8) is 0 Å². The number of esters is 1. The highest BCUT2D eigenvalue weighted by molar-refractivity contribution is 6.03. The van der Waals surface area contributed by atoms with Gasteiger partial charge in [0.2, 0.25) is 0 Å². The predicted octanol–water partition coefficient (Wildman–Crippen LogP) is 3.66. The van der Waals surface area contributed by atoms with Crippen molar-refractivity contribution in [3.8, 4) is 5.75 Å². The first kappa shape index (κ1) is 19.8. The van der Waals surface area contributed by atoms with Gasteiger partial charge in [0.15, 0.2) is 0 Å². The minimum absolute atomic E-state index is 0.202. The first-order valence-corrected chi connectivity index (χ1v) is 8.90. The predicted molar refractivity (Wildman–Crippen MR) is 109 cm³/mol. The standard InChI is InChI=1S/C21H20N4O4/c1-3-29-21(27)14-7-9-15(10-8-14)24-19-12-18(22-13-23-19)20(26)25-16-5-4-6-17(11-16)28-2/h4-13H,3H2,1-2H3,(H,25,26)(H,22,23,24). The second-order valence-corrected chi connectivity index (χ2v) is 5.90. The maximum atomic E-state index is 12.5. The van der Waals surface area contributed by atoms with Crippen molar-refractivity contribution in [2.24, 2.45) is 0 Å². The number of methoxy groups -OCH3 is 1. The first-order chi connectivity index (χ1) is 14.1. The smallest absolute Gasteiger partial charge is 0.338 e. The molecule has 0 bridgehead atoms. The van der Waals surface area contributed by atoms with Crippen LogP contribution in [0.4, 0.5) is 17.2 Å². The summed E-state index contributed by atoms with van der Waals surface area (Å²) in [5.41, 5.74) is 1.96. The van der Waals surface area contributed by atoms with Gasteiger partial charge in [0.25, 0.3) is 5.91 Å². The molecule has 0 atom stereocenters. The van der Waals surface area contributed by atoms with Gasteiger partial charge in [-0.2, -0.15) is 0 Å². The molecule has 3 rings (SSSR count). The van der Waals surface area contributed by atoms with E-state index in [1.807, 2.05) is 0 Å². The summed E-state index contributed by atoms with van der Waals surface area (Å²) < 4.78 is 10.1. The van der Waals surface area contributed by atoms with Crippen LogP contribution in [0.25, 0.3) is 0 Å². The number of rotatable bonds is 7. The molecule has 8 nitrogen and oxygen atoms in total. The number of carbonyl (C=O) groups excluding carboxylic acids is 2. The van der Waals surface area contributed by atoms with Gasteiger partial charge in [-0.25, -0.2) is 14.8 Å². The molecular formula is C21H20N4O4. The van der Waals surface area contributed by atoms with Gasteiger partial charge in [0.1, 0.15) is 23.6 Å². The Morgan fingerprint density at radius 2 is 1.79 bits per heavy atom. The van der Waals surface area contributed by atoms with Gasteiger partial charge in [-0.3, -0.25) is 4.79 Å². The molecule has 1 aromatic heterocycles. The van der Waals surface area contributed by atoms with Gasteiger partial charge < -0.3 is 20.1 Å². The zero-order valence-corrected chi connectivity index (χ0v) is 16.0. The van der Waals surface area contributed by atoms with E-state index in [2.05, 4.69) is 20.6 Å². The summed E-state index contributed by atoms with van der Waals surface area (Å²) in [6.07, 6.45) is 1.30. The average molecular weight is 392 g/mol. The Kier molecular flexibility index (Phi) is 6.36. The van der Waals surface area contributed by atoms with Gasteiger partial charge in [-0.05, 0) is 43.3 Å². The van der Waals surface area contributed by atoms with Crippen molar-refractivity contribution in [2.75, 3.05) is 24.4 Å². The van der Waals surface area contributed by atoms with Crippen LogP contribution >= 0.6 is 0 Å². The highest BCUT2D eigenvalue weighted by Crippen LogP contribution is 2.19. The maximum absolute atomic E-state index is 12.5. The monoisotopic (exact) mass is 392 g/mol. The van der Waals surface area contributed by atoms with Crippen LogP contribution in [0.1, 0.15) is 27.8 Å². The molecule has 0 aliphatic carbocycles. The number of anilines is 3. The van der Waals surface area contributed by atoms with Crippen LogP contribution in [0.5, 0.6) is 5.75 Å². The van der Waals surface area contributed by atoms with Crippen LogP contribution in [0.15, 0.2) is 60.9 Å². The summed E-state index contributed by atoms with van der Waals surface area (Å²) in [6.45, 7) is 2.07. The van der Waals surface area contributed by atoms with Crippen molar-refractivity contribution in [2.45, 2.75) is 6.92 Å². The van der Waals surface area contributed by atoms with Crippen LogP contribution in [0.2, 0.25) is 0 Å². The van der Waals surface area contributed by atoms with E-state index in [0.29, 0.717) is 35.1 Å². The molecule has 8 heteroatoms. The Bertz CT molecular complexity index is 1010.